The normalized spacial score (nSPS) is 15.0. The third-order valence-electron chi connectivity index (χ3n) is 5.83. The molecule has 3 rings (SSSR count). The molecule has 1 fully saturated rings. The molecule has 0 bridgehead atoms. The molecule has 0 saturated carbocycles. The van der Waals surface area contributed by atoms with Crippen LogP contribution in [0.25, 0.3) is 10.9 Å². The van der Waals surface area contributed by atoms with Crippen LogP contribution in [-0.4, -0.2) is 72.0 Å². The molecule has 1 aliphatic rings. The lowest BCUT2D eigenvalue weighted by molar-refractivity contribution is -0.122. The van der Waals surface area contributed by atoms with Crippen LogP contribution in [-0.2, 0) is 20.4 Å². The first kappa shape index (κ1) is 27.6. The van der Waals surface area contributed by atoms with Crippen LogP contribution in [0, 0.1) is 11.8 Å². The van der Waals surface area contributed by atoms with E-state index >= 15 is 0 Å². The number of rotatable bonds is 11. The minimum atomic E-state index is -2.62. The second kappa shape index (κ2) is 14.6. The Kier molecular flexibility index (Phi) is 11.8. The van der Waals surface area contributed by atoms with Crippen molar-refractivity contribution in [3.63, 3.8) is 0 Å². The lowest BCUT2D eigenvalue weighted by Gasteiger charge is -2.36. The number of methoxy groups -OCH3 is 2. The van der Waals surface area contributed by atoms with Gasteiger partial charge in [0.2, 0.25) is 10.9 Å². The molecule has 0 spiro atoms. The molecule has 1 aromatic carbocycles. The molecule has 1 saturated heterocycles. The summed E-state index contributed by atoms with van der Waals surface area (Å²) < 4.78 is 37.7. The van der Waals surface area contributed by atoms with E-state index in [-0.39, 0.29) is 6.47 Å². The fourth-order valence-corrected chi connectivity index (χ4v) is 4.29. The van der Waals surface area contributed by atoms with Crippen molar-refractivity contribution in [1.29, 1.82) is 0 Å². The zero-order valence-electron chi connectivity index (χ0n) is 19.7. The number of aromatic nitrogens is 1. The molecule has 1 aliphatic heterocycles. The van der Waals surface area contributed by atoms with Gasteiger partial charge in [-0.2, -0.15) is 4.83 Å². The van der Waals surface area contributed by atoms with Gasteiger partial charge in [-0.25, -0.2) is 13.8 Å². The van der Waals surface area contributed by atoms with Gasteiger partial charge in [-0.05, 0) is 36.8 Å². The number of piperidine rings is 1. The van der Waals surface area contributed by atoms with Crippen LogP contribution < -0.4 is 24.6 Å². The molecule has 12 heteroatoms. The standard InChI is InChI=1S/C21H32N4O5S.CH2O2/c1-15(14-23-24-31(26)27)16-5-8-25(9-6-16)19-4-7-22-18-13-20(29-3)21(12-17(18)19)30-11-10-28-2;2-1-3/h4,7,12-13,15-16,23,31H,5-6,8-11,14H2,1-3H3,(H,24,26,27);1H,(H,2,3). The van der Waals surface area contributed by atoms with Crippen molar-refractivity contribution in [2.45, 2.75) is 19.8 Å². The Morgan fingerprint density at radius 3 is 2.56 bits per heavy atom. The van der Waals surface area contributed by atoms with Crippen LogP contribution in [0.5, 0.6) is 11.5 Å². The topological polar surface area (TPSA) is 139 Å². The molecule has 1 unspecified atom stereocenters. The van der Waals surface area contributed by atoms with E-state index < -0.39 is 10.9 Å². The van der Waals surface area contributed by atoms with E-state index in [1.165, 1.54) is 0 Å². The first-order chi connectivity index (χ1) is 16.4. The zero-order valence-corrected chi connectivity index (χ0v) is 20.6. The van der Waals surface area contributed by atoms with Gasteiger partial charge in [-0.3, -0.25) is 9.78 Å². The number of carbonyl (C=O) groups is 1. The van der Waals surface area contributed by atoms with Gasteiger partial charge in [0, 0.05) is 50.1 Å². The number of hydrogen-bond donors (Lipinski definition) is 4. The van der Waals surface area contributed by atoms with E-state index in [1.54, 1.807) is 14.2 Å². The number of ether oxygens (including phenoxy) is 3. The van der Waals surface area contributed by atoms with Crippen molar-refractivity contribution in [2.75, 3.05) is 52.0 Å². The SMILES string of the molecule is COCCOc1cc2c(N3CCC(C(C)CNN[SH](=O)=O)CC3)ccnc2cc1OC.O=CO. The van der Waals surface area contributed by atoms with Gasteiger partial charge in [0.05, 0.1) is 19.2 Å². The highest BCUT2D eigenvalue weighted by atomic mass is 32.2. The maximum atomic E-state index is 10.6. The van der Waals surface area contributed by atoms with Crippen molar-refractivity contribution in [3.8, 4) is 11.5 Å². The largest absolute Gasteiger partial charge is 0.493 e. The molecular weight excluding hydrogens is 464 g/mol. The first-order valence-electron chi connectivity index (χ1n) is 11.0. The fraction of sp³-hybridized carbons (Fsp3) is 0.545. The molecule has 0 radical (unpaired) electrons. The fourth-order valence-electron chi connectivity index (χ4n) is 4.07. The number of benzene rings is 1. The van der Waals surface area contributed by atoms with Crippen LogP contribution >= 0.6 is 0 Å². The molecule has 2 aromatic rings. The third-order valence-corrected chi connectivity index (χ3v) is 6.17. The molecule has 0 amide bonds. The Balaban J connectivity index is 0.00000129. The van der Waals surface area contributed by atoms with Crippen LogP contribution in [0.2, 0.25) is 0 Å². The number of thiol groups is 1. The second-order valence-electron chi connectivity index (χ2n) is 7.85. The van der Waals surface area contributed by atoms with Gasteiger partial charge in [-0.1, -0.05) is 6.92 Å². The van der Waals surface area contributed by atoms with Gasteiger partial charge < -0.3 is 24.2 Å². The highest BCUT2D eigenvalue weighted by Crippen LogP contribution is 2.37. The van der Waals surface area contributed by atoms with Crippen LogP contribution in [0.3, 0.4) is 0 Å². The Hall–Kier alpha value is -2.67. The Bertz CT molecular complexity index is 973. The van der Waals surface area contributed by atoms with E-state index in [4.69, 9.17) is 24.1 Å². The summed E-state index contributed by atoms with van der Waals surface area (Å²) in [4.78, 5) is 17.5. The number of hydrazine groups is 1. The summed E-state index contributed by atoms with van der Waals surface area (Å²) in [5, 5.41) is 7.92. The molecule has 0 aliphatic carbocycles. The number of nitrogens with zero attached hydrogens (tertiary/aromatic N) is 2. The van der Waals surface area contributed by atoms with Crippen molar-refractivity contribution in [1.82, 2.24) is 15.2 Å². The summed E-state index contributed by atoms with van der Waals surface area (Å²) in [7, 11) is 0.653. The summed E-state index contributed by atoms with van der Waals surface area (Å²) >= 11 is 0. The van der Waals surface area contributed by atoms with Gasteiger partial charge in [-0.15, -0.1) is 0 Å². The number of anilines is 1. The summed E-state index contributed by atoms with van der Waals surface area (Å²) in [5.41, 5.74) is 4.79. The van der Waals surface area contributed by atoms with Crippen molar-refractivity contribution < 1.29 is 32.5 Å². The van der Waals surface area contributed by atoms with Crippen molar-refractivity contribution >= 4 is 34.0 Å². The van der Waals surface area contributed by atoms with Gasteiger partial charge in [0.25, 0.3) is 6.47 Å². The highest BCUT2D eigenvalue weighted by Gasteiger charge is 2.25. The molecule has 3 N–H and O–H groups in total. The lowest BCUT2D eigenvalue weighted by Crippen LogP contribution is -2.40. The molecule has 11 nitrogen and oxygen atoms in total. The minimum absolute atomic E-state index is 0.250. The van der Waals surface area contributed by atoms with Crippen LogP contribution in [0.1, 0.15) is 19.8 Å². The van der Waals surface area contributed by atoms with E-state index in [9.17, 15) is 8.42 Å². The van der Waals surface area contributed by atoms with Gasteiger partial charge in [0.15, 0.2) is 11.5 Å². The van der Waals surface area contributed by atoms with E-state index in [1.807, 2.05) is 24.4 Å². The molecule has 1 aromatic heterocycles. The number of fused-ring (bicyclic) bond motifs is 1. The number of pyridine rings is 1. The number of hydrogen-bond acceptors (Lipinski definition) is 9. The first-order valence-corrected chi connectivity index (χ1v) is 12.2. The van der Waals surface area contributed by atoms with Crippen molar-refractivity contribution in [2.24, 2.45) is 11.8 Å². The van der Waals surface area contributed by atoms with E-state index in [0.717, 1.165) is 42.5 Å². The lowest BCUT2D eigenvalue weighted by atomic mass is 9.85. The smallest absolute Gasteiger partial charge is 0.290 e. The second-order valence-corrected chi connectivity index (χ2v) is 8.59. The summed E-state index contributed by atoms with van der Waals surface area (Å²) in [6.45, 7) is 5.34. The molecule has 1 atom stereocenters. The average molecular weight is 499 g/mol. The maximum absolute atomic E-state index is 10.6. The summed E-state index contributed by atoms with van der Waals surface area (Å²) in [6.07, 6.45) is 3.92. The predicted molar refractivity (Wildman–Crippen MR) is 130 cm³/mol. The number of nitrogens with one attached hydrogen (secondary N) is 2. The predicted octanol–water partition coefficient (Wildman–Crippen LogP) is 1.44. The molecule has 190 valence electrons. The highest BCUT2D eigenvalue weighted by molar-refractivity contribution is 7.70. The zero-order chi connectivity index (χ0) is 24.9. The Morgan fingerprint density at radius 2 is 1.94 bits per heavy atom. The quantitative estimate of drug-likeness (QED) is 0.156. The minimum Gasteiger partial charge on any atom is -0.493 e. The van der Waals surface area contributed by atoms with E-state index in [2.05, 4.69) is 27.1 Å². The number of carboxylic acid groups (broad SMARTS) is 1. The van der Waals surface area contributed by atoms with Gasteiger partial charge >= 0.3 is 0 Å². The molecular formula is C22H34N4O7S. The van der Waals surface area contributed by atoms with Crippen LogP contribution in [0.15, 0.2) is 24.4 Å². The maximum Gasteiger partial charge on any atom is 0.290 e. The van der Waals surface area contributed by atoms with E-state index in [0.29, 0.717) is 43.1 Å². The third kappa shape index (κ3) is 7.97. The van der Waals surface area contributed by atoms with Gasteiger partial charge in [0.1, 0.15) is 6.61 Å². The Morgan fingerprint density at radius 1 is 1.24 bits per heavy atom. The monoisotopic (exact) mass is 498 g/mol. The average Bonchev–Trinajstić information content (AvgIpc) is 2.83. The summed E-state index contributed by atoms with van der Waals surface area (Å²) in [6, 6.07) is 5.96. The molecule has 2 heterocycles. The summed E-state index contributed by atoms with van der Waals surface area (Å²) in [5.74, 6) is 2.25. The molecule has 34 heavy (non-hydrogen) atoms. The van der Waals surface area contributed by atoms with Crippen LogP contribution in [0.4, 0.5) is 5.69 Å². The Labute approximate surface area is 201 Å². The van der Waals surface area contributed by atoms with Crippen molar-refractivity contribution in [3.05, 3.63) is 24.4 Å².